The van der Waals surface area contributed by atoms with Crippen molar-refractivity contribution in [3.63, 3.8) is 0 Å². The summed E-state index contributed by atoms with van der Waals surface area (Å²) in [4.78, 5) is 2.49. The summed E-state index contributed by atoms with van der Waals surface area (Å²) >= 11 is 0. The van der Waals surface area contributed by atoms with Gasteiger partial charge in [-0.15, -0.1) is 0 Å². The minimum Gasteiger partial charge on any atom is -0.315 e. The van der Waals surface area contributed by atoms with Crippen LogP contribution in [-0.2, 0) is 0 Å². The van der Waals surface area contributed by atoms with Crippen molar-refractivity contribution in [1.82, 2.24) is 10.2 Å². The van der Waals surface area contributed by atoms with Crippen LogP contribution in [0, 0.1) is 5.92 Å². The van der Waals surface area contributed by atoms with Gasteiger partial charge < -0.3 is 5.32 Å². The van der Waals surface area contributed by atoms with E-state index in [2.05, 4.69) is 44.8 Å². The highest BCUT2D eigenvalue weighted by Crippen LogP contribution is 1.98. The number of hydrogen-bond acceptors (Lipinski definition) is 2. The van der Waals surface area contributed by atoms with Gasteiger partial charge in [-0.3, -0.25) is 4.90 Å². The van der Waals surface area contributed by atoms with Crippen LogP contribution in [0.1, 0.15) is 41.0 Å². The summed E-state index contributed by atoms with van der Waals surface area (Å²) in [6.45, 7) is 15.9. The second kappa shape index (κ2) is 8.25. The lowest BCUT2D eigenvalue weighted by atomic mass is 10.1. The Labute approximate surface area is 90.1 Å². The molecule has 2 nitrogen and oxygen atoms in total. The maximum absolute atomic E-state index is 3.52. The molecule has 0 bridgehead atoms. The number of rotatable bonds is 8. The minimum absolute atomic E-state index is 0.664. The Morgan fingerprint density at radius 2 is 1.64 bits per heavy atom. The third-order valence-corrected chi connectivity index (χ3v) is 2.77. The van der Waals surface area contributed by atoms with E-state index in [4.69, 9.17) is 0 Å². The van der Waals surface area contributed by atoms with Crippen LogP contribution in [0.2, 0.25) is 0 Å². The monoisotopic (exact) mass is 200 g/mol. The predicted molar refractivity (Wildman–Crippen MR) is 64.7 cm³/mol. The minimum atomic E-state index is 0.664. The molecule has 0 saturated heterocycles. The third kappa shape index (κ3) is 6.39. The Bertz CT molecular complexity index is 119. The predicted octanol–water partition coefficient (Wildman–Crippen LogP) is 2.35. The van der Waals surface area contributed by atoms with Gasteiger partial charge in [0.05, 0.1) is 0 Å². The fourth-order valence-electron chi connectivity index (χ4n) is 1.68. The molecule has 0 aliphatic rings. The highest BCUT2D eigenvalue weighted by molar-refractivity contribution is 4.67. The van der Waals surface area contributed by atoms with Gasteiger partial charge in [-0.1, -0.05) is 27.7 Å². The summed E-state index contributed by atoms with van der Waals surface area (Å²) in [5.41, 5.74) is 0. The van der Waals surface area contributed by atoms with Crippen molar-refractivity contribution in [2.45, 2.75) is 47.1 Å². The van der Waals surface area contributed by atoms with E-state index in [1.807, 2.05) is 0 Å². The maximum atomic E-state index is 3.52. The van der Waals surface area contributed by atoms with Crippen molar-refractivity contribution in [1.29, 1.82) is 0 Å². The zero-order valence-corrected chi connectivity index (χ0v) is 10.6. The summed E-state index contributed by atoms with van der Waals surface area (Å²) in [6.07, 6.45) is 1.28. The molecule has 0 spiro atoms. The molecule has 0 aliphatic carbocycles. The van der Waals surface area contributed by atoms with Gasteiger partial charge in [-0.25, -0.2) is 0 Å². The molecule has 0 aromatic carbocycles. The molecular formula is C12H28N2. The molecule has 0 radical (unpaired) electrons. The first-order chi connectivity index (χ1) is 6.61. The summed E-state index contributed by atoms with van der Waals surface area (Å²) in [5, 5.41) is 3.52. The second-order valence-electron chi connectivity index (χ2n) is 4.46. The molecule has 0 aromatic rings. The number of hydrogen-bond donors (Lipinski definition) is 1. The molecule has 14 heavy (non-hydrogen) atoms. The van der Waals surface area contributed by atoms with Crippen LogP contribution in [0.3, 0.4) is 0 Å². The first kappa shape index (κ1) is 13.9. The molecule has 0 fully saturated rings. The van der Waals surface area contributed by atoms with Crippen molar-refractivity contribution >= 4 is 0 Å². The van der Waals surface area contributed by atoms with Gasteiger partial charge in [0.25, 0.3) is 0 Å². The highest BCUT2D eigenvalue weighted by Gasteiger charge is 2.08. The van der Waals surface area contributed by atoms with E-state index in [1.165, 1.54) is 6.42 Å². The zero-order chi connectivity index (χ0) is 11.0. The van der Waals surface area contributed by atoms with Crippen molar-refractivity contribution < 1.29 is 0 Å². The van der Waals surface area contributed by atoms with Crippen LogP contribution < -0.4 is 5.32 Å². The lowest BCUT2D eigenvalue weighted by molar-refractivity contribution is 0.225. The Kier molecular flexibility index (Phi) is 8.20. The van der Waals surface area contributed by atoms with Crippen LogP contribution in [0.15, 0.2) is 0 Å². The molecule has 0 aliphatic heterocycles. The summed E-state index contributed by atoms with van der Waals surface area (Å²) in [7, 11) is 0. The van der Waals surface area contributed by atoms with Crippen LogP contribution in [-0.4, -0.2) is 37.1 Å². The molecule has 86 valence electrons. The Morgan fingerprint density at radius 1 is 1.07 bits per heavy atom. The quantitative estimate of drug-likeness (QED) is 0.605. The highest BCUT2D eigenvalue weighted by atomic mass is 15.2. The van der Waals surface area contributed by atoms with Gasteiger partial charge in [-0.05, 0) is 38.9 Å². The molecule has 1 unspecified atom stereocenters. The van der Waals surface area contributed by atoms with Crippen molar-refractivity contribution in [3.05, 3.63) is 0 Å². The lowest BCUT2D eigenvalue weighted by Gasteiger charge is -2.26. The van der Waals surface area contributed by atoms with Gasteiger partial charge >= 0.3 is 0 Å². The van der Waals surface area contributed by atoms with Gasteiger partial charge in [0, 0.05) is 12.6 Å². The molecule has 0 heterocycles. The average molecular weight is 200 g/mol. The number of likely N-dealkylation sites (N-methyl/N-ethyl adjacent to an activating group) is 1. The maximum Gasteiger partial charge on any atom is 0.0192 e. The molecule has 0 amide bonds. The van der Waals surface area contributed by atoms with E-state index < -0.39 is 0 Å². The molecule has 0 saturated carbocycles. The standard InChI is InChI=1S/C12H28N2/c1-6-14(7-2)12(5)10-13-9-8-11(3)4/h11-13H,6-10H2,1-5H3. The van der Waals surface area contributed by atoms with Gasteiger partial charge in [-0.2, -0.15) is 0 Å². The fourth-order valence-corrected chi connectivity index (χ4v) is 1.68. The van der Waals surface area contributed by atoms with E-state index >= 15 is 0 Å². The number of nitrogens with one attached hydrogen (secondary N) is 1. The zero-order valence-electron chi connectivity index (χ0n) is 10.6. The smallest absolute Gasteiger partial charge is 0.0192 e. The van der Waals surface area contributed by atoms with E-state index in [0.717, 1.165) is 32.1 Å². The normalized spacial score (nSPS) is 13.9. The summed E-state index contributed by atoms with van der Waals surface area (Å²) in [5.74, 6) is 0.811. The first-order valence-corrected chi connectivity index (χ1v) is 6.06. The molecule has 0 rings (SSSR count). The first-order valence-electron chi connectivity index (χ1n) is 6.06. The average Bonchev–Trinajstić information content (AvgIpc) is 2.14. The topological polar surface area (TPSA) is 15.3 Å². The van der Waals surface area contributed by atoms with Crippen molar-refractivity contribution in [2.24, 2.45) is 5.92 Å². The second-order valence-corrected chi connectivity index (χ2v) is 4.46. The Morgan fingerprint density at radius 3 is 2.07 bits per heavy atom. The molecule has 1 N–H and O–H groups in total. The molecule has 1 atom stereocenters. The van der Waals surface area contributed by atoms with E-state index in [9.17, 15) is 0 Å². The summed E-state index contributed by atoms with van der Waals surface area (Å²) in [6, 6.07) is 0.664. The SMILES string of the molecule is CCN(CC)C(C)CNCCC(C)C. The van der Waals surface area contributed by atoms with Crippen LogP contribution in [0.5, 0.6) is 0 Å². The summed E-state index contributed by atoms with van der Waals surface area (Å²) < 4.78 is 0. The van der Waals surface area contributed by atoms with Crippen molar-refractivity contribution in [3.8, 4) is 0 Å². The van der Waals surface area contributed by atoms with E-state index in [0.29, 0.717) is 6.04 Å². The van der Waals surface area contributed by atoms with Gasteiger partial charge in [0.15, 0.2) is 0 Å². The Hall–Kier alpha value is -0.0800. The van der Waals surface area contributed by atoms with E-state index in [-0.39, 0.29) is 0 Å². The third-order valence-electron chi connectivity index (χ3n) is 2.77. The fraction of sp³-hybridized carbons (Fsp3) is 1.00. The van der Waals surface area contributed by atoms with E-state index in [1.54, 1.807) is 0 Å². The van der Waals surface area contributed by atoms with Crippen LogP contribution in [0.25, 0.3) is 0 Å². The molecule has 0 aromatic heterocycles. The van der Waals surface area contributed by atoms with Gasteiger partial charge in [0.1, 0.15) is 0 Å². The van der Waals surface area contributed by atoms with Crippen LogP contribution >= 0.6 is 0 Å². The number of nitrogens with zero attached hydrogens (tertiary/aromatic N) is 1. The van der Waals surface area contributed by atoms with Crippen LogP contribution in [0.4, 0.5) is 0 Å². The van der Waals surface area contributed by atoms with Gasteiger partial charge in [0.2, 0.25) is 0 Å². The molecular weight excluding hydrogens is 172 g/mol. The Balaban J connectivity index is 3.47. The largest absolute Gasteiger partial charge is 0.315 e. The van der Waals surface area contributed by atoms with Crippen molar-refractivity contribution in [2.75, 3.05) is 26.2 Å². The lowest BCUT2D eigenvalue weighted by Crippen LogP contribution is -2.40. The molecule has 2 heteroatoms.